The summed E-state index contributed by atoms with van der Waals surface area (Å²) in [6.45, 7) is 2.85. The van der Waals surface area contributed by atoms with Crippen molar-refractivity contribution in [3.63, 3.8) is 0 Å². The monoisotopic (exact) mass is 460 g/mol. The summed E-state index contributed by atoms with van der Waals surface area (Å²) in [4.78, 5) is 22.2. The summed E-state index contributed by atoms with van der Waals surface area (Å²) in [7, 11) is 0. The Morgan fingerprint density at radius 3 is 2.45 bits per heavy atom. The van der Waals surface area contributed by atoms with E-state index in [1.54, 1.807) is 0 Å². The number of carbonyl (C=O) groups excluding carboxylic acids is 1. The largest absolute Gasteiger partial charge is 0.339 e. The van der Waals surface area contributed by atoms with Crippen LogP contribution in [0.4, 0.5) is 5.95 Å². The van der Waals surface area contributed by atoms with E-state index in [0.29, 0.717) is 24.0 Å². The number of amides is 1. The highest BCUT2D eigenvalue weighted by Gasteiger charge is 2.31. The maximum absolute atomic E-state index is 12.9. The Kier molecular flexibility index (Phi) is 5.14. The molecule has 0 atom stereocenters. The quantitative estimate of drug-likeness (QED) is 0.452. The van der Waals surface area contributed by atoms with E-state index in [4.69, 9.17) is 16.6 Å². The number of hydrogen-bond donors (Lipinski definition) is 0. The maximum atomic E-state index is 12.9. The van der Waals surface area contributed by atoms with Crippen LogP contribution in [0.2, 0.25) is 5.02 Å². The number of fused-ring (bicyclic) bond motifs is 3. The molecule has 2 aliphatic rings. The van der Waals surface area contributed by atoms with Gasteiger partial charge in [-0.15, -0.1) is 10.2 Å². The molecule has 33 heavy (non-hydrogen) atoms. The summed E-state index contributed by atoms with van der Waals surface area (Å²) in [6.07, 6.45) is 4.42. The first kappa shape index (κ1) is 20.4. The zero-order chi connectivity index (χ0) is 22.4. The molecule has 7 nitrogen and oxygen atoms in total. The van der Waals surface area contributed by atoms with Gasteiger partial charge < -0.3 is 9.80 Å². The molecule has 4 aromatic rings. The zero-order valence-corrected chi connectivity index (χ0v) is 19.1. The number of aromatic nitrogens is 4. The van der Waals surface area contributed by atoms with Crippen molar-refractivity contribution in [3.8, 4) is 11.4 Å². The summed E-state index contributed by atoms with van der Waals surface area (Å²) in [5.74, 6) is 2.09. The number of anilines is 1. The first-order valence-electron chi connectivity index (χ1n) is 11.6. The minimum Gasteiger partial charge on any atom is -0.339 e. The van der Waals surface area contributed by atoms with Crippen LogP contribution in [0.5, 0.6) is 0 Å². The topological polar surface area (TPSA) is 66.6 Å². The Morgan fingerprint density at radius 2 is 1.70 bits per heavy atom. The third kappa shape index (κ3) is 3.60. The van der Waals surface area contributed by atoms with E-state index >= 15 is 0 Å². The first-order chi connectivity index (χ1) is 16.2. The number of benzene rings is 2. The second-order valence-corrected chi connectivity index (χ2v) is 9.35. The molecule has 8 heteroatoms. The molecule has 1 saturated heterocycles. The van der Waals surface area contributed by atoms with E-state index in [1.807, 2.05) is 57.8 Å². The van der Waals surface area contributed by atoms with E-state index in [1.165, 1.54) is 12.8 Å². The van der Waals surface area contributed by atoms with Gasteiger partial charge in [0.2, 0.25) is 11.9 Å². The molecular formula is C25H25ClN6O. The minimum absolute atomic E-state index is 0.215. The number of rotatable bonds is 3. The molecule has 1 aliphatic carbocycles. The zero-order valence-electron chi connectivity index (χ0n) is 18.3. The molecule has 0 spiro atoms. The highest BCUT2D eigenvalue weighted by molar-refractivity contribution is 6.31. The van der Waals surface area contributed by atoms with Gasteiger partial charge in [0.05, 0.1) is 5.52 Å². The van der Waals surface area contributed by atoms with Crippen LogP contribution in [0, 0.1) is 5.92 Å². The minimum atomic E-state index is 0.215. The summed E-state index contributed by atoms with van der Waals surface area (Å²) in [5.41, 5.74) is 2.54. The van der Waals surface area contributed by atoms with Gasteiger partial charge >= 0.3 is 0 Å². The maximum Gasteiger partial charge on any atom is 0.225 e. The van der Waals surface area contributed by atoms with Gasteiger partial charge in [0.25, 0.3) is 0 Å². The molecule has 2 fully saturated rings. The number of piperazine rings is 1. The van der Waals surface area contributed by atoms with E-state index in [2.05, 4.69) is 15.1 Å². The fourth-order valence-electron chi connectivity index (χ4n) is 5.14. The second kappa shape index (κ2) is 8.30. The van der Waals surface area contributed by atoms with Gasteiger partial charge in [-0.2, -0.15) is 0 Å². The van der Waals surface area contributed by atoms with Crippen LogP contribution < -0.4 is 4.90 Å². The molecule has 1 saturated carbocycles. The highest BCUT2D eigenvalue weighted by atomic mass is 35.5. The predicted molar refractivity (Wildman–Crippen MR) is 129 cm³/mol. The smallest absolute Gasteiger partial charge is 0.225 e. The molecular weight excluding hydrogens is 436 g/mol. The van der Waals surface area contributed by atoms with Gasteiger partial charge in [0.1, 0.15) is 0 Å². The van der Waals surface area contributed by atoms with Crippen molar-refractivity contribution in [2.75, 3.05) is 31.1 Å². The SMILES string of the molecule is O=C(C1CCCC1)N1CCN(c2nc3cc(Cl)ccc3c3nnc(-c4ccccc4)n23)CC1. The summed E-state index contributed by atoms with van der Waals surface area (Å²) in [5, 5.41) is 10.6. The Balaban J connectivity index is 1.40. The van der Waals surface area contributed by atoms with Gasteiger partial charge in [0.15, 0.2) is 11.5 Å². The average molecular weight is 461 g/mol. The Hall–Kier alpha value is -3.19. The van der Waals surface area contributed by atoms with Crippen LogP contribution in [-0.2, 0) is 4.79 Å². The van der Waals surface area contributed by atoms with Crippen LogP contribution in [0.1, 0.15) is 25.7 Å². The third-order valence-electron chi connectivity index (χ3n) is 6.89. The fourth-order valence-corrected chi connectivity index (χ4v) is 5.30. The predicted octanol–water partition coefficient (Wildman–Crippen LogP) is 4.44. The van der Waals surface area contributed by atoms with Crippen molar-refractivity contribution < 1.29 is 4.79 Å². The Morgan fingerprint density at radius 1 is 0.939 bits per heavy atom. The van der Waals surface area contributed by atoms with Gasteiger partial charge in [-0.3, -0.25) is 4.79 Å². The molecule has 6 rings (SSSR count). The normalized spacial score (nSPS) is 17.4. The lowest BCUT2D eigenvalue weighted by Gasteiger charge is -2.36. The highest BCUT2D eigenvalue weighted by Crippen LogP contribution is 2.31. The van der Waals surface area contributed by atoms with Crippen LogP contribution in [0.15, 0.2) is 48.5 Å². The number of halogens is 1. The fraction of sp³-hybridized carbons (Fsp3) is 0.360. The lowest BCUT2D eigenvalue weighted by molar-refractivity contribution is -0.135. The lowest BCUT2D eigenvalue weighted by atomic mass is 10.1. The van der Waals surface area contributed by atoms with Crippen LogP contribution >= 0.6 is 11.6 Å². The molecule has 0 unspecified atom stereocenters. The van der Waals surface area contributed by atoms with Crippen LogP contribution in [0.25, 0.3) is 27.9 Å². The molecule has 1 amide bonds. The Bertz CT molecular complexity index is 1320. The van der Waals surface area contributed by atoms with Gasteiger partial charge in [-0.25, -0.2) is 9.38 Å². The number of hydrogen-bond acceptors (Lipinski definition) is 5. The molecule has 1 aliphatic heterocycles. The average Bonchev–Trinajstić information content (AvgIpc) is 3.54. The summed E-state index contributed by atoms with van der Waals surface area (Å²) in [6, 6.07) is 15.7. The van der Waals surface area contributed by atoms with Crippen LogP contribution in [-0.4, -0.2) is 56.6 Å². The second-order valence-electron chi connectivity index (χ2n) is 8.92. The van der Waals surface area contributed by atoms with Gasteiger partial charge in [-0.05, 0) is 31.0 Å². The number of carbonyl (C=O) groups is 1. The molecule has 0 N–H and O–H groups in total. The Labute approximate surface area is 197 Å². The van der Waals surface area contributed by atoms with Gasteiger partial charge in [-0.1, -0.05) is 54.8 Å². The van der Waals surface area contributed by atoms with E-state index in [-0.39, 0.29) is 5.92 Å². The van der Waals surface area contributed by atoms with Crippen molar-refractivity contribution in [1.29, 1.82) is 0 Å². The molecule has 0 radical (unpaired) electrons. The van der Waals surface area contributed by atoms with Gasteiger partial charge in [0, 0.05) is 48.1 Å². The van der Waals surface area contributed by atoms with E-state index in [9.17, 15) is 4.79 Å². The molecule has 0 bridgehead atoms. The van der Waals surface area contributed by atoms with E-state index < -0.39 is 0 Å². The van der Waals surface area contributed by atoms with E-state index in [0.717, 1.165) is 59.8 Å². The number of nitrogens with zero attached hydrogens (tertiary/aromatic N) is 6. The molecule has 168 valence electrons. The van der Waals surface area contributed by atoms with Crippen LogP contribution in [0.3, 0.4) is 0 Å². The third-order valence-corrected chi connectivity index (χ3v) is 7.13. The molecule has 3 heterocycles. The van der Waals surface area contributed by atoms with Crippen molar-refractivity contribution in [3.05, 3.63) is 53.6 Å². The summed E-state index contributed by atoms with van der Waals surface area (Å²) >= 11 is 6.28. The lowest BCUT2D eigenvalue weighted by Crippen LogP contribution is -2.50. The van der Waals surface area contributed by atoms with Crippen molar-refractivity contribution in [2.45, 2.75) is 25.7 Å². The summed E-state index contributed by atoms with van der Waals surface area (Å²) < 4.78 is 2.04. The molecule has 2 aromatic heterocycles. The first-order valence-corrected chi connectivity index (χ1v) is 12.0. The van der Waals surface area contributed by atoms with Crippen molar-refractivity contribution in [1.82, 2.24) is 24.5 Å². The standard InChI is InChI=1S/C25H25ClN6O/c26-19-10-11-20-21(16-19)27-25(32-22(28-29-23(20)32)17-6-2-1-3-7-17)31-14-12-30(13-15-31)24(33)18-8-4-5-9-18/h1-3,6-7,10-11,16,18H,4-5,8-9,12-15H2. The van der Waals surface area contributed by atoms with Crippen molar-refractivity contribution in [2.24, 2.45) is 5.92 Å². The van der Waals surface area contributed by atoms with Crippen molar-refractivity contribution >= 4 is 40.0 Å². The molecule has 2 aromatic carbocycles.